The minimum atomic E-state index is -0.730. The summed E-state index contributed by atoms with van der Waals surface area (Å²) in [5.41, 5.74) is 8.25. The van der Waals surface area contributed by atoms with Crippen molar-refractivity contribution in [2.75, 3.05) is 25.5 Å². The van der Waals surface area contributed by atoms with Crippen LogP contribution in [0.4, 0.5) is 5.69 Å². The van der Waals surface area contributed by atoms with Gasteiger partial charge in [-0.2, -0.15) is 0 Å². The van der Waals surface area contributed by atoms with E-state index in [1.54, 1.807) is 7.05 Å². The molecule has 18 heavy (non-hydrogen) atoms. The lowest BCUT2D eigenvalue weighted by atomic mass is 10.0. The van der Waals surface area contributed by atoms with Crippen molar-refractivity contribution < 1.29 is 4.79 Å². The van der Waals surface area contributed by atoms with Gasteiger partial charge in [-0.05, 0) is 39.4 Å². The van der Waals surface area contributed by atoms with Gasteiger partial charge in [0.2, 0.25) is 5.91 Å². The maximum absolute atomic E-state index is 11.5. The van der Waals surface area contributed by atoms with Gasteiger partial charge in [0, 0.05) is 19.3 Å². The molecule has 0 spiro atoms. The highest BCUT2D eigenvalue weighted by molar-refractivity contribution is 5.85. The average molecular weight is 249 g/mol. The lowest BCUT2D eigenvalue weighted by molar-refractivity contribution is -0.123. The smallest absolute Gasteiger partial charge is 0.239 e. The Morgan fingerprint density at radius 3 is 2.50 bits per heavy atom. The van der Waals surface area contributed by atoms with Crippen molar-refractivity contribution in [3.05, 3.63) is 29.3 Å². The van der Waals surface area contributed by atoms with Crippen LogP contribution in [-0.2, 0) is 4.79 Å². The Balaban J connectivity index is 2.94. The number of nitrogens with two attached hydrogens (primary N) is 1. The molecule has 1 atom stereocenters. The first-order valence-corrected chi connectivity index (χ1v) is 6.07. The summed E-state index contributed by atoms with van der Waals surface area (Å²) in [5.74, 6) is -0.346. The Morgan fingerprint density at radius 1 is 1.44 bits per heavy atom. The summed E-state index contributed by atoms with van der Waals surface area (Å²) in [6.07, 6.45) is 0. The van der Waals surface area contributed by atoms with Gasteiger partial charge in [-0.3, -0.25) is 4.79 Å². The summed E-state index contributed by atoms with van der Waals surface area (Å²) in [7, 11) is 3.72. The Bertz CT molecular complexity index is 445. The molecule has 1 unspecified atom stereocenters. The number of likely N-dealkylation sites (N-methyl/N-ethyl adjacent to an activating group) is 2. The first-order valence-electron chi connectivity index (χ1n) is 6.07. The molecule has 3 N–H and O–H groups in total. The van der Waals surface area contributed by atoms with Crippen molar-refractivity contribution in [2.24, 2.45) is 5.73 Å². The second-order valence-electron chi connectivity index (χ2n) is 5.09. The molecule has 100 valence electrons. The maximum atomic E-state index is 11.5. The minimum Gasteiger partial charge on any atom is -0.372 e. The van der Waals surface area contributed by atoms with Crippen LogP contribution in [0.3, 0.4) is 0 Å². The fourth-order valence-electron chi connectivity index (χ4n) is 2.07. The zero-order chi connectivity index (χ0) is 13.9. The van der Waals surface area contributed by atoms with Crippen molar-refractivity contribution in [1.29, 1.82) is 0 Å². The van der Waals surface area contributed by atoms with Gasteiger partial charge in [0.15, 0.2) is 0 Å². The zero-order valence-corrected chi connectivity index (χ0v) is 11.9. The summed E-state index contributed by atoms with van der Waals surface area (Å²) in [6, 6.07) is 6.27. The van der Waals surface area contributed by atoms with Crippen LogP contribution in [0.2, 0.25) is 0 Å². The van der Waals surface area contributed by atoms with Crippen molar-refractivity contribution in [1.82, 2.24) is 5.32 Å². The fraction of sp³-hybridized carbons (Fsp3) is 0.500. The number of carbonyl (C=O) groups excluding carboxylic acids is 1. The highest BCUT2D eigenvalue weighted by Crippen LogP contribution is 2.21. The van der Waals surface area contributed by atoms with Gasteiger partial charge < -0.3 is 16.0 Å². The van der Waals surface area contributed by atoms with Crippen LogP contribution >= 0.6 is 0 Å². The Labute approximate surface area is 109 Å². The Morgan fingerprint density at radius 2 is 2.06 bits per heavy atom. The van der Waals surface area contributed by atoms with E-state index in [-0.39, 0.29) is 5.91 Å². The molecule has 0 aliphatic rings. The molecule has 0 bridgehead atoms. The second kappa shape index (κ2) is 5.40. The van der Waals surface area contributed by atoms with E-state index in [1.165, 1.54) is 11.1 Å². The number of hydrogen-bond donors (Lipinski definition) is 2. The number of amides is 1. The summed E-state index contributed by atoms with van der Waals surface area (Å²) in [6.45, 7) is 6.48. The summed E-state index contributed by atoms with van der Waals surface area (Å²) >= 11 is 0. The number of nitrogens with zero attached hydrogens (tertiary/aromatic N) is 1. The largest absolute Gasteiger partial charge is 0.372 e. The molecule has 0 radical (unpaired) electrons. The third-order valence-corrected chi connectivity index (χ3v) is 3.41. The molecule has 0 saturated heterocycles. The molecule has 0 aromatic heterocycles. The standard InChI is InChI=1S/C14H23N3O/c1-10-6-7-12(11(2)8-10)17(5)9-14(3,16-4)13(15)18/h6-8,16H,9H2,1-5H3,(H2,15,18). The van der Waals surface area contributed by atoms with Gasteiger partial charge in [0.25, 0.3) is 0 Å². The zero-order valence-electron chi connectivity index (χ0n) is 11.9. The molecule has 1 amide bonds. The monoisotopic (exact) mass is 249 g/mol. The van der Waals surface area contributed by atoms with Crippen LogP contribution in [0, 0.1) is 13.8 Å². The Kier molecular flexibility index (Phi) is 4.35. The number of rotatable bonds is 5. The fourth-order valence-corrected chi connectivity index (χ4v) is 2.07. The van der Waals surface area contributed by atoms with Crippen LogP contribution in [0.5, 0.6) is 0 Å². The number of carbonyl (C=O) groups is 1. The van der Waals surface area contributed by atoms with E-state index in [0.29, 0.717) is 6.54 Å². The van der Waals surface area contributed by atoms with Crippen LogP contribution in [0.15, 0.2) is 18.2 Å². The van der Waals surface area contributed by atoms with Crippen molar-refractivity contribution in [3.8, 4) is 0 Å². The van der Waals surface area contributed by atoms with E-state index in [2.05, 4.69) is 42.3 Å². The number of anilines is 1. The molecular weight excluding hydrogens is 226 g/mol. The first-order chi connectivity index (χ1) is 8.30. The van der Waals surface area contributed by atoms with Gasteiger partial charge in [-0.25, -0.2) is 0 Å². The molecule has 4 nitrogen and oxygen atoms in total. The summed E-state index contributed by atoms with van der Waals surface area (Å²) in [5, 5.41) is 2.99. The van der Waals surface area contributed by atoms with Gasteiger partial charge in [-0.1, -0.05) is 17.7 Å². The third-order valence-electron chi connectivity index (χ3n) is 3.41. The topological polar surface area (TPSA) is 58.4 Å². The number of benzene rings is 1. The highest BCUT2D eigenvalue weighted by atomic mass is 16.1. The molecule has 0 heterocycles. The molecule has 0 fully saturated rings. The first kappa shape index (κ1) is 14.5. The molecule has 0 saturated carbocycles. The number of nitrogens with one attached hydrogen (secondary N) is 1. The second-order valence-corrected chi connectivity index (χ2v) is 5.09. The highest BCUT2D eigenvalue weighted by Gasteiger charge is 2.30. The average Bonchev–Trinajstić information content (AvgIpc) is 2.28. The van der Waals surface area contributed by atoms with Crippen LogP contribution in [-0.4, -0.2) is 32.1 Å². The SMILES string of the molecule is CNC(C)(CN(C)c1ccc(C)cc1C)C(N)=O. The van der Waals surface area contributed by atoms with E-state index in [9.17, 15) is 4.79 Å². The molecule has 1 aromatic rings. The maximum Gasteiger partial charge on any atom is 0.239 e. The predicted octanol–water partition coefficient (Wildman–Crippen LogP) is 1.20. The van der Waals surface area contributed by atoms with Crippen LogP contribution in [0.25, 0.3) is 0 Å². The molecule has 1 aromatic carbocycles. The number of primary amides is 1. The molecule has 1 rings (SSSR count). The lowest BCUT2D eigenvalue weighted by Crippen LogP contribution is -2.58. The van der Waals surface area contributed by atoms with E-state index in [4.69, 9.17) is 5.73 Å². The van der Waals surface area contributed by atoms with E-state index in [1.807, 2.05) is 14.0 Å². The lowest BCUT2D eigenvalue weighted by Gasteiger charge is -2.32. The van der Waals surface area contributed by atoms with Gasteiger partial charge in [0.1, 0.15) is 5.54 Å². The van der Waals surface area contributed by atoms with Crippen molar-refractivity contribution in [3.63, 3.8) is 0 Å². The molecule has 0 aliphatic heterocycles. The van der Waals surface area contributed by atoms with E-state index in [0.717, 1.165) is 5.69 Å². The van der Waals surface area contributed by atoms with E-state index >= 15 is 0 Å². The van der Waals surface area contributed by atoms with Crippen LogP contribution in [0.1, 0.15) is 18.1 Å². The van der Waals surface area contributed by atoms with Crippen molar-refractivity contribution in [2.45, 2.75) is 26.3 Å². The molecule has 4 heteroatoms. The predicted molar refractivity (Wildman–Crippen MR) is 75.8 cm³/mol. The van der Waals surface area contributed by atoms with Gasteiger partial charge >= 0.3 is 0 Å². The van der Waals surface area contributed by atoms with E-state index < -0.39 is 5.54 Å². The molecular formula is C14H23N3O. The number of aryl methyl sites for hydroxylation is 2. The molecule has 0 aliphatic carbocycles. The quantitative estimate of drug-likeness (QED) is 0.824. The van der Waals surface area contributed by atoms with Crippen LogP contribution < -0.4 is 16.0 Å². The summed E-state index contributed by atoms with van der Waals surface area (Å²) in [4.78, 5) is 13.5. The summed E-state index contributed by atoms with van der Waals surface area (Å²) < 4.78 is 0. The minimum absolute atomic E-state index is 0.346. The Hall–Kier alpha value is -1.55. The normalized spacial score (nSPS) is 14.1. The van der Waals surface area contributed by atoms with Gasteiger partial charge in [-0.15, -0.1) is 0 Å². The third kappa shape index (κ3) is 3.01. The number of hydrogen-bond acceptors (Lipinski definition) is 3. The van der Waals surface area contributed by atoms with Gasteiger partial charge in [0.05, 0.1) is 0 Å². The van der Waals surface area contributed by atoms with Crippen molar-refractivity contribution >= 4 is 11.6 Å².